The second-order valence-corrected chi connectivity index (χ2v) is 3.89. The van der Waals surface area contributed by atoms with Gasteiger partial charge in [0.15, 0.2) is 0 Å². The summed E-state index contributed by atoms with van der Waals surface area (Å²) in [4.78, 5) is 2.49. The molecule has 2 heterocycles. The quantitative estimate of drug-likeness (QED) is 0.694. The first-order chi connectivity index (χ1) is 6.29. The van der Waals surface area contributed by atoms with Crippen molar-refractivity contribution in [3.8, 4) is 0 Å². The summed E-state index contributed by atoms with van der Waals surface area (Å²) in [7, 11) is 0. The lowest BCUT2D eigenvalue weighted by atomic mass is 10.1. The highest BCUT2D eigenvalue weighted by atomic mass is 16.3. The van der Waals surface area contributed by atoms with E-state index in [1.807, 2.05) is 6.07 Å². The van der Waals surface area contributed by atoms with Crippen molar-refractivity contribution in [3.63, 3.8) is 0 Å². The van der Waals surface area contributed by atoms with Gasteiger partial charge >= 0.3 is 0 Å². The maximum absolute atomic E-state index is 5.50. The van der Waals surface area contributed by atoms with Crippen LogP contribution < -0.4 is 0 Å². The molecule has 0 aliphatic carbocycles. The fourth-order valence-corrected chi connectivity index (χ4v) is 2.11. The second kappa shape index (κ2) is 3.54. The molecule has 2 heteroatoms. The van der Waals surface area contributed by atoms with E-state index in [-0.39, 0.29) is 0 Å². The predicted octanol–water partition coefficient (Wildman–Crippen LogP) is 2.74. The monoisotopic (exact) mass is 179 g/mol. The molecule has 0 N–H and O–H groups in total. The summed E-state index contributed by atoms with van der Waals surface area (Å²) in [5, 5.41) is 0. The molecule has 1 saturated heterocycles. The van der Waals surface area contributed by atoms with E-state index in [0.29, 0.717) is 6.04 Å². The van der Waals surface area contributed by atoms with Gasteiger partial charge in [0.05, 0.1) is 12.3 Å². The van der Waals surface area contributed by atoms with Crippen LogP contribution in [0.3, 0.4) is 0 Å². The molecule has 2 rings (SSSR count). The first-order valence-electron chi connectivity index (χ1n) is 5.07. The summed E-state index contributed by atoms with van der Waals surface area (Å²) in [6.45, 7) is 6.80. The van der Waals surface area contributed by atoms with Crippen LogP contribution in [0.2, 0.25) is 0 Å². The first-order valence-corrected chi connectivity index (χ1v) is 5.07. The highest BCUT2D eigenvalue weighted by molar-refractivity contribution is 5.17. The average Bonchev–Trinajstić information content (AvgIpc) is 2.72. The zero-order valence-corrected chi connectivity index (χ0v) is 8.42. The summed E-state index contributed by atoms with van der Waals surface area (Å²) in [5.41, 5.74) is 1.28. The minimum absolute atomic E-state index is 0.456. The number of likely N-dealkylation sites (tertiary alicyclic amines) is 1. The Morgan fingerprint density at radius 2 is 2.08 bits per heavy atom. The molecule has 0 saturated carbocycles. The van der Waals surface area contributed by atoms with Crippen LogP contribution in [0.1, 0.15) is 37.1 Å². The van der Waals surface area contributed by atoms with Crippen molar-refractivity contribution in [2.75, 3.05) is 13.1 Å². The molecular weight excluding hydrogens is 162 g/mol. The molecule has 1 aromatic rings. The predicted molar refractivity (Wildman–Crippen MR) is 52.7 cm³/mol. The minimum Gasteiger partial charge on any atom is -0.467 e. The Morgan fingerprint density at radius 3 is 2.62 bits per heavy atom. The van der Waals surface area contributed by atoms with Crippen molar-refractivity contribution >= 4 is 0 Å². The third kappa shape index (κ3) is 1.63. The number of hydrogen-bond donors (Lipinski definition) is 0. The lowest BCUT2D eigenvalue weighted by molar-refractivity contribution is 0.230. The summed E-state index contributed by atoms with van der Waals surface area (Å²) in [6.07, 6.45) is 4.46. The second-order valence-electron chi connectivity index (χ2n) is 3.89. The highest BCUT2D eigenvalue weighted by Crippen LogP contribution is 2.27. The smallest absolute Gasteiger partial charge is 0.123 e. The maximum atomic E-state index is 5.50. The Bertz CT molecular complexity index is 273. The molecule has 0 bridgehead atoms. The number of rotatable bonds is 2. The number of aryl methyl sites for hydroxylation is 1. The van der Waals surface area contributed by atoms with Crippen LogP contribution in [-0.2, 0) is 0 Å². The molecule has 0 aromatic carbocycles. The van der Waals surface area contributed by atoms with E-state index in [9.17, 15) is 0 Å². The van der Waals surface area contributed by atoms with Crippen LogP contribution in [0.4, 0.5) is 0 Å². The van der Waals surface area contributed by atoms with Gasteiger partial charge in [0, 0.05) is 0 Å². The summed E-state index contributed by atoms with van der Waals surface area (Å²) >= 11 is 0. The number of nitrogens with zero attached hydrogens (tertiary/aromatic N) is 1. The number of hydrogen-bond acceptors (Lipinski definition) is 2. The van der Waals surface area contributed by atoms with Crippen LogP contribution in [-0.4, -0.2) is 18.0 Å². The van der Waals surface area contributed by atoms with Gasteiger partial charge in [-0.3, -0.25) is 4.90 Å². The molecule has 72 valence electrons. The van der Waals surface area contributed by atoms with E-state index < -0.39 is 0 Å². The molecule has 0 spiro atoms. The third-order valence-corrected chi connectivity index (χ3v) is 2.97. The van der Waals surface area contributed by atoms with Crippen molar-refractivity contribution in [1.82, 2.24) is 4.90 Å². The van der Waals surface area contributed by atoms with Gasteiger partial charge in [-0.25, -0.2) is 0 Å². The fraction of sp³-hybridized carbons (Fsp3) is 0.636. The lowest BCUT2D eigenvalue weighted by Crippen LogP contribution is -2.23. The molecule has 1 aliphatic rings. The van der Waals surface area contributed by atoms with Gasteiger partial charge in [-0.2, -0.15) is 0 Å². The van der Waals surface area contributed by atoms with E-state index in [0.717, 1.165) is 5.76 Å². The standard InChI is InChI=1S/C11H17NO/c1-9-5-8-13-11(9)10(2)12-6-3-4-7-12/h5,8,10H,3-4,6-7H2,1-2H3. The minimum atomic E-state index is 0.456. The molecule has 1 atom stereocenters. The lowest BCUT2D eigenvalue weighted by Gasteiger charge is -2.22. The zero-order valence-electron chi connectivity index (χ0n) is 8.42. The zero-order chi connectivity index (χ0) is 9.26. The molecular formula is C11H17NO. The van der Waals surface area contributed by atoms with E-state index >= 15 is 0 Å². The SMILES string of the molecule is Cc1ccoc1C(C)N1CCCC1. The average molecular weight is 179 g/mol. The highest BCUT2D eigenvalue weighted by Gasteiger charge is 2.22. The van der Waals surface area contributed by atoms with Gasteiger partial charge in [-0.15, -0.1) is 0 Å². The summed E-state index contributed by atoms with van der Waals surface area (Å²) < 4.78 is 5.50. The normalized spacial score (nSPS) is 20.8. The van der Waals surface area contributed by atoms with E-state index in [1.54, 1.807) is 6.26 Å². The van der Waals surface area contributed by atoms with Gasteiger partial charge in [0.25, 0.3) is 0 Å². The van der Waals surface area contributed by atoms with Crippen LogP contribution in [0.15, 0.2) is 16.7 Å². The fourth-order valence-electron chi connectivity index (χ4n) is 2.11. The topological polar surface area (TPSA) is 16.4 Å². The number of furan rings is 1. The Labute approximate surface area is 79.5 Å². The molecule has 0 amide bonds. The van der Waals surface area contributed by atoms with Crippen LogP contribution >= 0.6 is 0 Å². The van der Waals surface area contributed by atoms with Crippen molar-refractivity contribution in [3.05, 3.63) is 23.7 Å². The molecule has 1 unspecified atom stereocenters. The van der Waals surface area contributed by atoms with Gasteiger partial charge in [-0.05, 0) is 51.4 Å². The summed E-state index contributed by atoms with van der Waals surface area (Å²) in [5.74, 6) is 1.14. The van der Waals surface area contributed by atoms with Gasteiger partial charge in [-0.1, -0.05) is 0 Å². The Hall–Kier alpha value is -0.760. The van der Waals surface area contributed by atoms with Crippen molar-refractivity contribution < 1.29 is 4.42 Å². The van der Waals surface area contributed by atoms with E-state index in [4.69, 9.17) is 4.42 Å². The molecule has 2 nitrogen and oxygen atoms in total. The van der Waals surface area contributed by atoms with Crippen LogP contribution in [0, 0.1) is 6.92 Å². The van der Waals surface area contributed by atoms with Crippen molar-refractivity contribution in [1.29, 1.82) is 0 Å². The van der Waals surface area contributed by atoms with Crippen molar-refractivity contribution in [2.24, 2.45) is 0 Å². The largest absolute Gasteiger partial charge is 0.467 e. The van der Waals surface area contributed by atoms with E-state index in [1.165, 1.54) is 31.5 Å². The Kier molecular flexibility index (Phi) is 2.40. The molecule has 1 aromatic heterocycles. The van der Waals surface area contributed by atoms with Gasteiger partial charge < -0.3 is 4.42 Å². The molecule has 13 heavy (non-hydrogen) atoms. The van der Waals surface area contributed by atoms with Crippen molar-refractivity contribution in [2.45, 2.75) is 32.7 Å². The molecule has 1 aliphatic heterocycles. The van der Waals surface area contributed by atoms with Crippen LogP contribution in [0.5, 0.6) is 0 Å². The third-order valence-electron chi connectivity index (χ3n) is 2.97. The maximum Gasteiger partial charge on any atom is 0.123 e. The molecule has 1 fully saturated rings. The van der Waals surface area contributed by atoms with Gasteiger partial charge in [0.2, 0.25) is 0 Å². The van der Waals surface area contributed by atoms with Gasteiger partial charge in [0.1, 0.15) is 5.76 Å². The van der Waals surface area contributed by atoms with E-state index in [2.05, 4.69) is 18.7 Å². The molecule has 0 radical (unpaired) electrons. The first kappa shape index (κ1) is 8.82. The Balaban J connectivity index is 2.12. The van der Waals surface area contributed by atoms with Crippen LogP contribution in [0.25, 0.3) is 0 Å². The Morgan fingerprint density at radius 1 is 1.38 bits per heavy atom. The summed E-state index contributed by atoms with van der Waals surface area (Å²) in [6, 6.07) is 2.50.